The van der Waals surface area contributed by atoms with Crippen molar-refractivity contribution in [2.24, 2.45) is 11.7 Å². The number of ether oxygens (including phenoxy) is 1. The molecule has 1 aliphatic carbocycles. The number of benzene rings is 1. The van der Waals surface area contributed by atoms with Gasteiger partial charge in [-0.25, -0.2) is 0 Å². The molecule has 1 aliphatic rings. The van der Waals surface area contributed by atoms with Crippen LogP contribution in [0.2, 0.25) is 0 Å². The molecule has 3 atom stereocenters. The largest absolute Gasteiger partial charge is 0.489 e. The lowest BCUT2D eigenvalue weighted by atomic mass is 9.82. The summed E-state index contributed by atoms with van der Waals surface area (Å²) in [5.41, 5.74) is 7.54. The zero-order valence-corrected chi connectivity index (χ0v) is 12.3. The van der Waals surface area contributed by atoms with E-state index in [0.29, 0.717) is 0 Å². The first kappa shape index (κ1) is 14.4. The van der Waals surface area contributed by atoms with Gasteiger partial charge in [0.05, 0.1) is 0 Å². The minimum Gasteiger partial charge on any atom is -0.489 e. The smallest absolute Gasteiger partial charge is 0.122 e. The average molecular weight is 261 g/mol. The lowest BCUT2D eigenvalue weighted by Crippen LogP contribution is -2.44. The fraction of sp³-hybridized carbons (Fsp3) is 0.647. The Balaban J connectivity index is 2.03. The van der Waals surface area contributed by atoms with E-state index in [9.17, 15) is 0 Å². The predicted molar refractivity (Wildman–Crippen MR) is 80.5 cm³/mol. The second-order valence-electron chi connectivity index (χ2n) is 5.75. The highest BCUT2D eigenvalue weighted by Crippen LogP contribution is 2.31. The Morgan fingerprint density at radius 2 is 2.00 bits per heavy atom. The lowest BCUT2D eigenvalue weighted by Gasteiger charge is -2.34. The highest BCUT2D eigenvalue weighted by molar-refractivity contribution is 5.33. The predicted octanol–water partition coefficient (Wildman–Crippen LogP) is 3.92. The van der Waals surface area contributed by atoms with Crippen molar-refractivity contribution >= 4 is 0 Å². The van der Waals surface area contributed by atoms with Gasteiger partial charge in [-0.2, -0.15) is 0 Å². The molecule has 1 aromatic rings. The first-order chi connectivity index (χ1) is 9.24. The van der Waals surface area contributed by atoms with Gasteiger partial charge in [0, 0.05) is 6.04 Å². The third-order valence-electron chi connectivity index (χ3n) is 4.28. The first-order valence-corrected chi connectivity index (χ1v) is 7.74. The number of rotatable bonds is 5. The summed E-state index contributed by atoms with van der Waals surface area (Å²) >= 11 is 0. The van der Waals surface area contributed by atoms with E-state index in [1.807, 2.05) is 6.07 Å². The van der Waals surface area contributed by atoms with E-state index in [1.165, 1.54) is 24.8 Å². The SMILES string of the molecule is CCCC1CCC(N)C(Oc2ccccc2CC)C1. The summed E-state index contributed by atoms with van der Waals surface area (Å²) in [6, 6.07) is 8.54. The standard InChI is InChI=1S/C17H27NO/c1-3-7-13-10-11-15(18)17(12-13)19-16-9-6-5-8-14(16)4-2/h5-6,8-9,13,15,17H,3-4,7,10-12,18H2,1-2H3. The van der Waals surface area contributed by atoms with Gasteiger partial charge in [-0.05, 0) is 43.2 Å². The molecule has 0 aromatic heterocycles. The summed E-state index contributed by atoms with van der Waals surface area (Å²) in [6.07, 6.45) is 7.26. The molecule has 1 saturated carbocycles. The maximum atomic E-state index is 6.25. The molecule has 2 nitrogen and oxygen atoms in total. The van der Waals surface area contributed by atoms with Crippen molar-refractivity contribution in [3.05, 3.63) is 29.8 Å². The zero-order valence-electron chi connectivity index (χ0n) is 12.3. The summed E-state index contributed by atoms with van der Waals surface area (Å²) in [6.45, 7) is 4.43. The van der Waals surface area contributed by atoms with Gasteiger partial charge in [-0.1, -0.05) is 44.9 Å². The fourth-order valence-corrected chi connectivity index (χ4v) is 3.12. The van der Waals surface area contributed by atoms with Gasteiger partial charge in [0.15, 0.2) is 0 Å². The van der Waals surface area contributed by atoms with Crippen LogP contribution in [0.5, 0.6) is 5.75 Å². The quantitative estimate of drug-likeness (QED) is 0.871. The molecule has 3 unspecified atom stereocenters. The van der Waals surface area contributed by atoms with Crippen molar-refractivity contribution in [1.29, 1.82) is 0 Å². The van der Waals surface area contributed by atoms with Crippen molar-refractivity contribution in [3.8, 4) is 5.75 Å². The topological polar surface area (TPSA) is 35.2 Å². The summed E-state index contributed by atoms with van der Waals surface area (Å²) in [5, 5.41) is 0. The average Bonchev–Trinajstić information content (AvgIpc) is 2.43. The minimum atomic E-state index is 0.193. The number of aryl methyl sites for hydroxylation is 1. The van der Waals surface area contributed by atoms with Crippen molar-refractivity contribution < 1.29 is 4.74 Å². The second-order valence-corrected chi connectivity index (χ2v) is 5.75. The highest BCUT2D eigenvalue weighted by atomic mass is 16.5. The fourth-order valence-electron chi connectivity index (χ4n) is 3.12. The third-order valence-corrected chi connectivity index (χ3v) is 4.28. The van der Waals surface area contributed by atoms with E-state index < -0.39 is 0 Å². The number of hydrogen-bond acceptors (Lipinski definition) is 2. The molecule has 19 heavy (non-hydrogen) atoms. The molecule has 2 N–H and O–H groups in total. The molecule has 1 fully saturated rings. The van der Waals surface area contributed by atoms with E-state index in [0.717, 1.165) is 30.9 Å². The van der Waals surface area contributed by atoms with Gasteiger partial charge < -0.3 is 10.5 Å². The Morgan fingerprint density at radius 3 is 2.74 bits per heavy atom. The molecule has 1 aromatic carbocycles. The Kier molecular flexibility index (Phi) is 5.26. The molecule has 2 rings (SSSR count). The van der Waals surface area contributed by atoms with Crippen molar-refractivity contribution in [2.75, 3.05) is 0 Å². The molecule has 0 bridgehead atoms. The van der Waals surface area contributed by atoms with Gasteiger partial charge in [0.2, 0.25) is 0 Å². The third kappa shape index (κ3) is 3.73. The van der Waals surface area contributed by atoms with E-state index in [1.54, 1.807) is 0 Å². The van der Waals surface area contributed by atoms with Crippen LogP contribution in [0, 0.1) is 5.92 Å². The van der Waals surface area contributed by atoms with Gasteiger partial charge in [-0.3, -0.25) is 0 Å². The van der Waals surface area contributed by atoms with Gasteiger partial charge in [0.1, 0.15) is 11.9 Å². The van der Waals surface area contributed by atoms with E-state index in [4.69, 9.17) is 10.5 Å². The molecule has 0 amide bonds. The number of para-hydroxylation sites is 1. The normalized spacial score (nSPS) is 27.2. The van der Waals surface area contributed by atoms with Crippen LogP contribution < -0.4 is 10.5 Å². The van der Waals surface area contributed by atoms with Gasteiger partial charge in [0.25, 0.3) is 0 Å². The molecular weight excluding hydrogens is 234 g/mol. The van der Waals surface area contributed by atoms with Crippen LogP contribution in [0.1, 0.15) is 51.5 Å². The molecule has 2 heteroatoms. The minimum absolute atomic E-state index is 0.193. The van der Waals surface area contributed by atoms with Crippen molar-refractivity contribution in [3.63, 3.8) is 0 Å². The first-order valence-electron chi connectivity index (χ1n) is 7.74. The molecule has 0 heterocycles. The number of nitrogens with two attached hydrogens (primary N) is 1. The Labute approximate surface area is 117 Å². The molecule has 0 saturated heterocycles. The molecule has 0 spiro atoms. The van der Waals surface area contributed by atoms with Gasteiger partial charge in [-0.15, -0.1) is 0 Å². The van der Waals surface area contributed by atoms with E-state index >= 15 is 0 Å². The van der Waals surface area contributed by atoms with Crippen LogP contribution in [-0.4, -0.2) is 12.1 Å². The summed E-state index contributed by atoms with van der Waals surface area (Å²) in [4.78, 5) is 0. The molecule has 106 valence electrons. The Bertz CT molecular complexity index is 391. The van der Waals surface area contributed by atoms with Crippen LogP contribution >= 0.6 is 0 Å². The van der Waals surface area contributed by atoms with Crippen LogP contribution in [0.15, 0.2) is 24.3 Å². The monoisotopic (exact) mass is 261 g/mol. The van der Waals surface area contributed by atoms with Crippen LogP contribution in [-0.2, 0) is 6.42 Å². The van der Waals surface area contributed by atoms with Crippen molar-refractivity contribution in [2.45, 2.75) is 64.5 Å². The second kappa shape index (κ2) is 6.95. The Hall–Kier alpha value is -1.02. The Morgan fingerprint density at radius 1 is 1.21 bits per heavy atom. The van der Waals surface area contributed by atoms with Crippen LogP contribution in [0.25, 0.3) is 0 Å². The molecular formula is C17H27NO. The molecule has 0 radical (unpaired) electrons. The highest BCUT2D eigenvalue weighted by Gasteiger charge is 2.29. The van der Waals surface area contributed by atoms with E-state index in [-0.39, 0.29) is 12.1 Å². The maximum Gasteiger partial charge on any atom is 0.122 e. The summed E-state index contributed by atoms with van der Waals surface area (Å²) < 4.78 is 6.24. The van der Waals surface area contributed by atoms with Crippen LogP contribution in [0.4, 0.5) is 0 Å². The summed E-state index contributed by atoms with van der Waals surface area (Å²) in [5.74, 6) is 1.83. The maximum absolute atomic E-state index is 6.25. The lowest BCUT2D eigenvalue weighted by molar-refractivity contribution is 0.0984. The molecule has 0 aliphatic heterocycles. The zero-order chi connectivity index (χ0) is 13.7. The van der Waals surface area contributed by atoms with Gasteiger partial charge >= 0.3 is 0 Å². The van der Waals surface area contributed by atoms with E-state index in [2.05, 4.69) is 32.0 Å². The van der Waals surface area contributed by atoms with Crippen LogP contribution in [0.3, 0.4) is 0 Å². The van der Waals surface area contributed by atoms with Crippen molar-refractivity contribution in [1.82, 2.24) is 0 Å². The number of hydrogen-bond donors (Lipinski definition) is 1. The summed E-state index contributed by atoms with van der Waals surface area (Å²) in [7, 11) is 0.